The van der Waals surface area contributed by atoms with Crippen molar-refractivity contribution in [1.82, 2.24) is 10.2 Å². The minimum Gasteiger partial charge on any atom is -0.390 e. The molecule has 1 unspecified atom stereocenters. The molecule has 0 bridgehead atoms. The molecule has 4 heteroatoms. The van der Waals surface area contributed by atoms with E-state index in [1.165, 1.54) is 12.8 Å². The lowest BCUT2D eigenvalue weighted by molar-refractivity contribution is 0.0907. The fraction of sp³-hybridized carbons (Fsp3) is 0.625. The Bertz CT molecular complexity index is 405. The SMILES string of the molecule is CC1CCN(CC(O)CNCc2ccccc2Cl)CC1. The van der Waals surface area contributed by atoms with Gasteiger partial charge >= 0.3 is 0 Å². The standard InChI is InChI=1S/C16H25ClN2O/c1-13-6-8-19(9-7-13)12-15(20)11-18-10-14-4-2-3-5-16(14)17/h2-5,13,15,18,20H,6-12H2,1H3. The second-order valence-electron chi connectivity index (χ2n) is 5.86. The lowest BCUT2D eigenvalue weighted by Crippen LogP contribution is -2.41. The number of piperidine rings is 1. The van der Waals surface area contributed by atoms with E-state index in [0.717, 1.165) is 36.1 Å². The molecule has 1 aromatic carbocycles. The number of hydrogen-bond acceptors (Lipinski definition) is 3. The number of hydrogen-bond donors (Lipinski definition) is 2. The van der Waals surface area contributed by atoms with Crippen LogP contribution in [0, 0.1) is 5.92 Å². The molecule has 0 spiro atoms. The van der Waals surface area contributed by atoms with Crippen LogP contribution in [0.1, 0.15) is 25.3 Å². The number of rotatable bonds is 6. The van der Waals surface area contributed by atoms with E-state index in [2.05, 4.69) is 17.1 Å². The van der Waals surface area contributed by atoms with Gasteiger partial charge in [0.05, 0.1) is 6.10 Å². The summed E-state index contributed by atoms with van der Waals surface area (Å²) in [6.45, 7) is 6.61. The molecule has 0 radical (unpaired) electrons. The van der Waals surface area contributed by atoms with Gasteiger partial charge in [0.15, 0.2) is 0 Å². The molecule has 1 fully saturated rings. The third-order valence-electron chi connectivity index (χ3n) is 4.00. The minimum absolute atomic E-state index is 0.314. The Hall–Kier alpha value is -0.610. The van der Waals surface area contributed by atoms with Crippen molar-refractivity contribution in [3.05, 3.63) is 34.9 Å². The number of aliphatic hydroxyl groups excluding tert-OH is 1. The molecule has 1 heterocycles. The molecule has 2 rings (SSSR count). The van der Waals surface area contributed by atoms with Crippen LogP contribution in [-0.4, -0.2) is 42.3 Å². The molecule has 1 saturated heterocycles. The Morgan fingerprint density at radius 1 is 1.35 bits per heavy atom. The van der Waals surface area contributed by atoms with Crippen molar-refractivity contribution < 1.29 is 5.11 Å². The first kappa shape index (κ1) is 15.8. The number of aliphatic hydroxyl groups is 1. The van der Waals surface area contributed by atoms with E-state index in [1.807, 2.05) is 24.3 Å². The van der Waals surface area contributed by atoms with Crippen LogP contribution in [0.4, 0.5) is 0 Å². The van der Waals surface area contributed by atoms with Crippen molar-refractivity contribution in [2.75, 3.05) is 26.2 Å². The molecule has 1 aliphatic heterocycles. The number of halogens is 1. The maximum Gasteiger partial charge on any atom is 0.0791 e. The molecule has 1 atom stereocenters. The number of nitrogens with one attached hydrogen (secondary N) is 1. The average molecular weight is 297 g/mol. The Labute approximate surface area is 126 Å². The predicted molar refractivity (Wildman–Crippen MR) is 84.0 cm³/mol. The fourth-order valence-electron chi connectivity index (χ4n) is 2.62. The first-order chi connectivity index (χ1) is 9.65. The van der Waals surface area contributed by atoms with Gasteiger partial charge in [0.25, 0.3) is 0 Å². The van der Waals surface area contributed by atoms with E-state index in [9.17, 15) is 5.11 Å². The van der Waals surface area contributed by atoms with Crippen molar-refractivity contribution in [3.63, 3.8) is 0 Å². The molecule has 3 nitrogen and oxygen atoms in total. The Kier molecular flexibility index (Phi) is 6.30. The van der Waals surface area contributed by atoms with E-state index in [1.54, 1.807) is 0 Å². The highest BCUT2D eigenvalue weighted by Crippen LogP contribution is 2.16. The summed E-state index contributed by atoms with van der Waals surface area (Å²) in [5.41, 5.74) is 1.08. The molecule has 1 aromatic rings. The second kappa shape index (κ2) is 7.99. The molecule has 0 amide bonds. The number of benzene rings is 1. The van der Waals surface area contributed by atoms with Crippen molar-refractivity contribution >= 4 is 11.6 Å². The average Bonchev–Trinajstić information content (AvgIpc) is 2.43. The van der Waals surface area contributed by atoms with Gasteiger partial charge in [-0.3, -0.25) is 0 Å². The van der Waals surface area contributed by atoms with Gasteiger partial charge in [0, 0.05) is 24.7 Å². The summed E-state index contributed by atoms with van der Waals surface area (Å²) in [6, 6.07) is 7.81. The lowest BCUT2D eigenvalue weighted by atomic mass is 9.99. The number of nitrogens with zero attached hydrogens (tertiary/aromatic N) is 1. The molecule has 112 valence electrons. The van der Waals surface area contributed by atoms with E-state index >= 15 is 0 Å². The molecule has 1 aliphatic rings. The van der Waals surface area contributed by atoms with Crippen LogP contribution in [0.2, 0.25) is 5.02 Å². The normalized spacial score (nSPS) is 19.1. The van der Waals surface area contributed by atoms with Gasteiger partial charge in [0.1, 0.15) is 0 Å². The highest BCUT2D eigenvalue weighted by atomic mass is 35.5. The molecule has 0 aliphatic carbocycles. The van der Waals surface area contributed by atoms with Crippen molar-refractivity contribution in [2.24, 2.45) is 5.92 Å². The number of β-amino-alcohol motifs (C(OH)–C–C–N with tert-alkyl or cyclic N) is 1. The van der Waals surface area contributed by atoms with E-state index < -0.39 is 0 Å². The van der Waals surface area contributed by atoms with Gasteiger partial charge in [-0.1, -0.05) is 36.7 Å². The zero-order valence-corrected chi connectivity index (χ0v) is 12.9. The molecule has 0 saturated carbocycles. The van der Waals surface area contributed by atoms with Crippen LogP contribution >= 0.6 is 11.6 Å². The minimum atomic E-state index is -0.314. The zero-order valence-electron chi connectivity index (χ0n) is 12.2. The van der Waals surface area contributed by atoms with Gasteiger partial charge < -0.3 is 15.3 Å². The van der Waals surface area contributed by atoms with Gasteiger partial charge in [-0.25, -0.2) is 0 Å². The molecular weight excluding hydrogens is 272 g/mol. The smallest absolute Gasteiger partial charge is 0.0791 e. The van der Waals surface area contributed by atoms with Crippen LogP contribution in [0.3, 0.4) is 0 Å². The maximum atomic E-state index is 10.1. The number of likely N-dealkylation sites (tertiary alicyclic amines) is 1. The van der Waals surface area contributed by atoms with E-state index in [-0.39, 0.29) is 6.10 Å². The van der Waals surface area contributed by atoms with E-state index in [4.69, 9.17) is 11.6 Å². The third-order valence-corrected chi connectivity index (χ3v) is 4.37. The van der Waals surface area contributed by atoms with Gasteiger partial charge in [-0.05, 0) is 43.5 Å². The fourth-order valence-corrected chi connectivity index (χ4v) is 2.82. The highest BCUT2D eigenvalue weighted by molar-refractivity contribution is 6.31. The van der Waals surface area contributed by atoms with Crippen LogP contribution < -0.4 is 5.32 Å². The van der Waals surface area contributed by atoms with Gasteiger partial charge in [-0.15, -0.1) is 0 Å². The van der Waals surface area contributed by atoms with Crippen LogP contribution in [0.25, 0.3) is 0 Å². The first-order valence-electron chi connectivity index (χ1n) is 7.49. The summed E-state index contributed by atoms with van der Waals surface area (Å²) in [6.07, 6.45) is 2.19. The van der Waals surface area contributed by atoms with Crippen molar-refractivity contribution in [1.29, 1.82) is 0 Å². The van der Waals surface area contributed by atoms with Crippen molar-refractivity contribution in [2.45, 2.75) is 32.4 Å². The second-order valence-corrected chi connectivity index (χ2v) is 6.27. The summed E-state index contributed by atoms with van der Waals surface area (Å²) in [5, 5.41) is 14.1. The summed E-state index contributed by atoms with van der Waals surface area (Å²) >= 11 is 6.10. The quantitative estimate of drug-likeness (QED) is 0.847. The van der Waals surface area contributed by atoms with Crippen LogP contribution in [-0.2, 0) is 6.54 Å². The Morgan fingerprint density at radius 2 is 2.05 bits per heavy atom. The topological polar surface area (TPSA) is 35.5 Å². The van der Waals surface area contributed by atoms with Crippen LogP contribution in [0.15, 0.2) is 24.3 Å². The summed E-state index contributed by atoms with van der Waals surface area (Å²) in [5.74, 6) is 0.835. The summed E-state index contributed by atoms with van der Waals surface area (Å²) < 4.78 is 0. The Balaban J connectivity index is 1.65. The largest absolute Gasteiger partial charge is 0.390 e. The summed E-state index contributed by atoms with van der Waals surface area (Å²) in [4.78, 5) is 2.36. The third kappa shape index (κ3) is 5.06. The van der Waals surface area contributed by atoms with Gasteiger partial charge in [0.2, 0.25) is 0 Å². The molecular formula is C16H25ClN2O. The molecule has 2 N–H and O–H groups in total. The molecule has 20 heavy (non-hydrogen) atoms. The van der Waals surface area contributed by atoms with Crippen LogP contribution in [0.5, 0.6) is 0 Å². The predicted octanol–water partition coefficient (Wildman–Crippen LogP) is 2.52. The van der Waals surface area contributed by atoms with E-state index in [0.29, 0.717) is 13.1 Å². The Morgan fingerprint density at radius 3 is 2.75 bits per heavy atom. The highest BCUT2D eigenvalue weighted by Gasteiger charge is 2.17. The monoisotopic (exact) mass is 296 g/mol. The van der Waals surface area contributed by atoms with Crippen molar-refractivity contribution in [3.8, 4) is 0 Å². The van der Waals surface area contributed by atoms with Gasteiger partial charge in [-0.2, -0.15) is 0 Å². The first-order valence-corrected chi connectivity index (χ1v) is 7.87. The summed E-state index contributed by atoms with van der Waals surface area (Å²) in [7, 11) is 0. The zero-order chi connectivity index (χ0) is 14.4. The molecule has 0 aromatic heterocycles. The lowest BCUT2D eigenvalue weighted by Gasteiger charge is -2.31. The maximum absolute atomic E-state index is 10.1.